The highest BCUT2D eigenvalue weighted by Crippen LogP contribution is 2.28. The van der Waals surface area contributed by atoms with Gasteiger partial charge in [-0.2, -0.15) is 0 Å². The molecule has 0 radical (unpaired) electrons. The number of rotatable bonds is 8. The van der Waals surface area contributed by atoms with Crippen LogP contribution in [0.3, 0.4) is 0 Å². The van der Waals surface area contributed by atoms with E-state index >= 15 is 0 Å². The van der Waals surface area contributed by atoms with Crippen LogP contribution in [0, 0.1) is 0 Å². The average molecular weight is 262 g/mol. The van der Waals surface area contributed by atoms with Crippen molar-refractivity contribution in [1.82, 2.24) is 0 Å². The number of thioether (sulfide) groups is 1. The first-order chi connectivity index (χ1) is 8.27. The molecule has 2 N–H and O–H groups in total. The minimum Gasteiger partial charge on any atom is -0.394 e. The summed E-state index contributed by atoms with van der Waals surface area (Å²) < 4.78 is 5.64. The summed E-state index contributed by atoms with van der Waals surface area (Å²) in [5.74, 6) is 1.05. The molecule has 0 aromatic carbocycles. The van der Waals surface area contributed by atoms with Gasteiger partial charge in [-0.25, -0.2) is 0 Å². The Morgan fingerprint density at radius 3 is 2.65 bits per heavy atom. The zero-order valence-corrected chi connectivity index (χ0v) is 11.6. The standard InChI is InChI=1S/C13H26O3S/c1-2-3-4-5-6-9-17-13-12(15)8-7-11(10-14)16-13/h11-15H,2-10H2,1H3/t11-,12+,13-/m0/s1. The number of ether oxygens (including phenoxy) is 1. The van der Waals surface area contributed by atoms with Crippen LogP contribution in [-0.4, -0.2) is 40.2 Å². The summed E-state index contributed by atoms with van der Waals surface area (Å²) >= 11 is 1.70. The minimum atomic E-state index is -0.363. The van der Waals surface area contributed by atoms with Crippen molar-refractivity contribution in [3.63, 3.8) is 0 Å². The molecule has 1 fully saturated rings. The molecule has 0 amide bonds. The van der Waals surface area contributed by atoms with Crippen molar-refractivity contribution in [2.45, 2.75) is 69.5 Å². The second-order valence-electron chi connectivity index (χ2n) is 4.74. The molecule has 3 nitrogen and oxygen atoms in total. The smallest absolute Gasteiger partial charge is 0.129 e. The average Bonchev–Trinajstić information content (AvgIpc) is 2.35. The van der Waals surface area contributed by atoms with Gasteiger partial charge in [-0.1, -0.05) is 32.6 Å². The van der Waals surface area contributed by atoms with E-state index < -0.39 is 0 Å². The monoisotopic (exact) mass is 262 g/mol. The van der Waals surface area contributed by atoms with E-state index in [0.717, 1.165) is 18.6 Å². The Balaban J connectivity index is 2.07. The third-order valence-electron chi connectivity index (χ3n) is 3.16. The van der Waals surface area contributed by atoms with Gasteiger partial charge in [-0.15, -0.1) is 11.8 Å². The summed E-state index contributed by atoms with van der Waals surface area (Å²) in [5.41, 5.74) is -0.132. The van der Waals surface area contributed by atoms with Crippen molar-refractivity contribution in [1.29, 1.82) is 0 Å². The Morgan fingerprint density at radius 1 is 1.18 bits per heavy atom. The molecule has 0 bridgehead atoms. The number of aliphatic hydroxyl groups excluding tert-OH is 2. The maximum absolute atomic E-state index is 9.80. The number of aliphatic hydroxyl groups is 2. The number of hydrogen-bond donors (Lipinski definition) is 2. The molecule has 3 atom stereocenters. The molecule has 0 aromatic heterocycles. The van der Waals surface area contributed by atoms with Gasteiger partial charge in [0.15, 0.2) is 0 Å². The minimum absolute atomic E-state index is 0.0697. The first kappa shape index (κ1) is 15.3. The van der Waals surface area contributed by atoms with Crippen LogP contribution in [-0.2, 0) is 4.74 Å². The number of hydrogen-bond acceptors (Lipinski definition) is 4. The van der Waals surface area contributed by atoms with Gasteiger partial charge in [0, 0.05) is 0 Å². The Labute approximate surface area is 109 Å². The summed E-state index contributed by atoms with van der Waals surface area (Å²) in [7, 11) is 0. The molecule has 0 aromatic rings. The third-order valence-corrected chi connectivity index (χ3v) is 4.44. The predicted octanol–water partition coefficient (Wildman–Crippen LogP) is 2.55. The van der Waals surface area contributed by atoms with Crippen molar-refractivity contribution in [2.75, 3.05) is 12.4 Å². The normalized spacial score (nSPS) is 29.5. The fourth-order valence-electron chi connectivity index (χ4n) is 2.03. The highest BCUT2D eigenvalue weighted by atomic mass is 32.2. The van der Waals surface area contributed by atoms with Crippen LogP contribution in [0.5, 0.6) is 0 Å². The maximum Gasteiger partial charge on any atom is 0.129 e. The molecule has 0 unspecified atom stereocenters. The summed E-state index contributed by atoms with van der Waals surface area (Å²) in [4.78, 5) is 0. The second kappa shape index (κ2) is 9.20. The van der Waals surface area contributed by atoms with Gasteiger partial charge >= 0.3 is 0 Å². The lowest BCUT2D eigenvalue weighted by Crippen LogP contribution is -2.38. The summed E-state index contributed by atoms with van der Waals surface area (Å²) in [6.07, 6.45) is 7.45. The van der Waals surface area contributed by atoms with E-state index in [1.54, 1.807) is 11.8 Å². The van der Waals surface area contributed by atoms with Crippen LogP contribution in [0.4, 0.5) is 0 Å². The molecule has 102 valence electrons. The van der Waals surface area contributed by atoms with Crippen molar-refractivity contribution >= 4 is 11.8 Å². The zero-order valence-electron chi connectivity index (χ0n) is 10.8. The number of unbranched alkanes of at least 4 members (excludes halogenated alkanes) is 4. The van der Waals surface area contributed by atoms with Crippen LogP contribution in [0.25, 0.3) is 0 Å². The van der Waals surface area contributed by atoms with Gasteiger partial charge < -0.3 is 14.9 Å². The van der Waals surface area contributed by atoms with Crippen LogP contribution in [0.2, 0.25) is 0 Å². The molecule has 1 saturated heterocycles. The van der Waals surface area contributed by atoms with Gasteiger partial charge in [0.25, 0.3) is 0 Å². The van der Waals surface area contributed by atoms with Crippen molar-refractivity contribution in [2.24, 2.45) is 0 Å². The van der Waals surface area contributed by atoms with Gasteiger partial charge in [0.1, 0.15) is 5.44 Å². The summed E-state index contributed by atoms with van der Waals surface area (Å²) in [6, 6.07) is 0. The third kappa shape index (κ3) is 6.09. The summed E-state index contributed by atoms with van der Waals surface area (Å²) in [6.45, 7) is 2.29. The quantitative estimate of drug-likeness (QED) is 0.660. The van der Waals surface area contributed by atoms with Crippen LogP contribution in [0.15, 0.2) is 0 Å². The molecule has 1 aliphatic heterocycles. The van der Waals surface area contributed by atoms with Gasteiger partial charge in [-0.05, 0) is 25.0 Å². The SMILES string of the molecule is CCCCCCCS[C@@H]1O[C@H](CO)CC[C@H]1O. The van der Waals surface area contributed by atoms with E-state index in [0.29, 0.717) is 0 Å². The molecule has 4 heteroatoms. The van der Waals surface area contributed by atoms with Crippen molar-refractivity contribution in [3.05, 3.63) is 0 Å². The Morgan fingerprint density at radius 2 is 1.94 bits per heavy atom. The molecular weight excluding hydrogens is 236 g/mol. The predicted molar refractivity (Wildman–Crippen MR) is 72.2 cm³/mol. The highest BCUT2D eigenvalue weighted by molar-refractivity contribution is 7.99. The molecule has 1 rings (SSSR count). The van der Waals surface area contributed by atoms with E-state index in [4.69, 9.17) is 9.84 Å². The van der Waals surface area contributed by atoms with Gasteiger partial charge in [0.05, 0.1) is 18.8 Å². The first-order valence-electron chi connectivity index (χ1n) is 6.84. The zero-order chi connectivity index (χ0) is 12.5. The van der Waals surface area contributed by atoms with Gasteiger partial charge in [-0.3, -0.25) is 0 Å². The van der Waals surface area contributed by atoms with E-state index in [-0.39, 0.29) is 24.3 Å². The lowest BCUT2D eigenvalue weighted by atomic mass is 10.1. The highest BCUT2D eigenvalue weighted by Gasteiger charge is 2.29. The van der Waals surface area contributed by atoms with Gasteiger partial charge in [0.2, 0.25) is 0 Å². The molecule has 17 heavy (non-hydrogen) atoms. The van der Waals surface area contributed by atoms with E-state index in [9.17, 15) is 5.11 Å². The molecule has 1 heterocycles. The largest absolute Gasteiger partial charge is 0.394 e. The molecule has 0 saturated carbocycles. The maximum atomic E-state index is 9.80. The van der Waals surface area contributed by atoms with Crippen molar-refractivity contribution < 1.29 is 14.9 Å². The summed E-state index contributed by atoms with van der Waals surface area (Å²) in [5, 5.41) is 18.8. The topological polar surface area (TPSA) is 49.7 Å². The lowest BCUT2D eigenvalue weighted by Gasteiger charge is -2.32. The Kier molecular flexibility index (Phi) is 8.27. The molecule has 0 aliphatic carbocycles. The fraction of sp³-hybridized carbons (Fsp3) is 1.00. The van der Waals surface area contributed by atoms with Crippen LogP contribution < -0.4 is 0 Å². The van der Waals surface area contributed by atoms with E-state index in [1.807, 2.05) is 0 Å². The van der Waals surface area contributed by atoms with Crippen molar-refractivity contribution in [3.8, 4) is 0 Å². The lowest BCUT2D eigenvalue weighted by molar-refractivity contribution is -0.0906. The van der Waals surface area contributed by atoms with E-state index in [1.165, 1.54) is 32.1 Å². The molecule has 0 spiro atoms. The van der Waals surface area contributed by atoms with E-state index in [2.05, 4.69) is 6.92 Å². The Bertz CT molecular complexity index is 190. The molecular formula is C13H26O3S. The van der Waals surface area contributed by atoms with Crippen LogP contribution in [0.1, 0.15) is 51.9 Å². The Hall–Kier alpha value is 0.230. The van der Waals surface area contributed by atoms with Crippen LogP contribution >= 0.6 is 11.8 Å². The second-order valence-corrected chi connectivity index (χ2v) is 5.94. The fourth-order valence-corrected chi connectivity index (χ4v) is 3.23. The molecule has 1 aliphatic rings. The first-order valence-corrected chi connectivity index (χ1v) is 7.88.